The molecule has 0 rings (SSSR count). The molecule has 1 heteroatoms. The predicted molar refractivity (Wildman–Crippen MR) is 26.6 cm³/mol. The van der Waals surface area contributed by atoms with Crippen molar-refractivity contribution in [2.24, 2.45) is 5.41 Å². The fourth-order valence-corrected chi connectivity index (χ4v) is 0. The van der Waals surface area contributed by atoms with E-state index in [2.05, 4.69) is 5.92 Å². The molecule has 0 amide bonds. The molecule has 0 atom stereocenters. The Bertz CT molecular complexity index is 71.2. The van der Waals surface area contributed by atoms with Gasteiger partial charge in [0, 0.05) is 0 Å². The van der Waals surface area contributed by atoms with Crippen LogP contribution in [0.1, 0.15) is 20.8 Å². The monoisotopic (exact) mass is 104 g/mol. The van der Waals surface area contributed by atoms with E-state index >= 15 is 0 Å². The smallest absolute Gasteiger partial charge is 0.693 e. The first-order valence-corrected chi connectivity index (χ1v) is 2.00. The van der Waals surface area contributed by atoms with Gasteiger partial charge in [0.2, 0.25) is 0 Å². The second kappa shape index (κ2) is 3.55. The third-order valence-corrected chi connectivity index (χ3v) is 0.375. The average Bonchev–Trinajstić information content (AvgIpc) is 1.35. The Labute approximate surface area is 68.0 Å². The molecule has 0 aromatic rings. The van der Waals surface area contributed by atoms with Crippen LogP contribution in [0.3, 0.4) is 0 Å². The minimum Gasteiger partial charge on any atom is -0.693 e. The maximum atomic E-state index is 6.60. The maximum absolute atomic E-state index is 6.60. The zero-order valence-corrected chi connectivity index (χ0v) is 7.50. The van der Waals surface area contributed by atoms with Crippen molar-refractivity contribution in [1.29, 1.82) is 0 Å². The largest absolute Gasteiger partial charge is 1.00 e. The molecule has 0 unspecified atom stereocenters. The number of hydrogen-bond acceptors (Lipinski definition) is 0. The summed E-state index contributed by atoms with van der Waals surface area (Å²) in [6.07, 6.45) is 6.60. The van der Waals surface area contributed by atoms with Gasteiger partial charge in [-0.25, -0.2) is 0 Å². The van der Waals surface area contributed by atoms with E-state index in [0.717, 1.165) is 0 Å². The maximum Gasteiger partial charge on any atom is 1.00 e. The van der Waals surface area contributed by atoms with Crippen LogP contribution in [0.5, 0.6) is 0 Å². The molecule has 0 saturated carbocycles. The van der Waals surface area contributed by atoms with Crippen LogP contribution in [0, 0.1) is 17.8 Å². The molecule has 0 aromatic heterocycles. The van der Waals surface area contributed by atoms with Crippen LogP contribution in [-0.2, 0) is 0 Å². The van der Waals surface area contributed by atoms with Crippen molar-refractivity contribution in [3.8, 4) is 5.92 Å². The summed E-state index contributed by atoms with van der Waals surface area (Å²) in [4.78, 5) is 0. The number of hydrogen-bond donors (Lipinski definition) is 0. The fourth-order valence-electron chi connectivity index (χ4n) is 0. The van der Waals surface area contributed by atoms with E-state index < -0.39 is 0 Å². The van der Waals surface area contributed by atoms with Crippen molar-refractivity contribution < 1.29 is 29.6 Å². The molecule has 0 aliphatic rings. The number of rotatable bonds is 0. The van der Waals surface area contributed by atoms with E-state index in [4.69, 9.17) is 6.42 Å². The van der Waals surface area contributed by atoms with Crippen LogP contribution in [-0.4, -0.2) is 0 Å². The van der Waals surface area contributed by atoms with E-state index in [9.17, 15) is 0 Å². The first-order chi connectivity index (χ1) is 2.56. The Morgan fingerprint density at radius 1 is 1.29 bits per heavy atom. The summed E-state index contributed by atoms with van der Waals surface area (Å²) in [6, 6.07) is 0. The Kier molecular flexibility index (Phi) is 5.33. The minimum absolute atomic E-state index is 0. The average molecular weight is 104 g/mol. The Morgan fingerprint density at radius 2 is 1.43 bits per heavy atom. The molecule has 34 valence electrons. The molecule has 0 aliphatic carbocycles. The molecule has 0 bridgehead atoms. The van der Waals surface area contributed by atoms with Gasteiger partial charge in [0.15, 0.2) is 0 Å². The predicted octanol–water partition coefficient (Wildman–Crippen LogP) is -1.37. The van der Waals surface area contributed by atoms with Gasteiger partial charge in [0.05, 0.1) is 0 Å². The first kappa shape index (κ1) is 10.5. The van der Waals surface area contributed by atoms with Crippen LogP contribution in [0.4, 0.5) is 0 Å². The van der Waals surface area contributed by atoms with Gasteiger partial charge in [-0.1, -0.05) is 20.8 Å². The second-order valence-corrected chi connectivity index (χ2v) is 2.38. The van der Waals surface area contributed by atoms with Gasteiger partial charge in [-0.3, -0.25) is 0 Å². The molecule has 0 spiro atoms. The molecule has 7 heavy (non-hydrogen) atoms. The zero-order valence-electron chi connectivity index (χ0n) is 5.50. The third-order valence-electron chi connectivity index (χ3n) is 0.375. The summed E-state index contributed by atoms with van der Waals surface area (Å²) in [5, 5.41) is 0. The zero-order chi connectivity index (χ0) is 5.21. The third kappa shape index (κ3) is 10.8. The molecule has 0 nitrogen and oxygen atoms in total. The van der Waals surface area contributed by atoms with Gasteiger partial charge in [-0.15, -0.1) is 0 Å². The Hall–Kier alpha value is 0.560. The summed E-state index contributed by atoms with van der Waals surface area (Å²) < 4.78 is 0. The fraction of sp³-hybridized carbons (Fsp3) is 0.667. The van der Waals surface area contributed by atoms with Crippen LogP contribution >= 0.6 is 0 Å². The van der Waals surface area contributed by atoms with E-state index in [1.54, 1.807) is 0 Å². The summed E-state index contributed by atoms with van der Waals surface area (Å²) in [5.41, 5.74) is -0.0417. The second-order valence-electron chi connectivity index (χ2n) is 2.38. The van der Waals surface area contributed by atoms with Crippen molar-refractivity contribution in [3.05, 3.63) is 6.42 Å². The molecule has 0 fully saturated rings. The molecule has 0 radical (unpaired) electrons. The van der Waals surface area contributed by atoms with Crippen LogP contribution < -0.4 is 29.6 Å². The molecule has 0 heterocycles. The topological polar surface area (TPSA) is 0 Å². The van der Waals surface area contributed by atoms with Crippen molar-refractivity contribution in [3.63, 3.8) is 0 Å². The van der Waals surface area contributed by atoms with E-state index in [-0.39, 0.29) is 35.0 Å². The SMILES string of the molecule is [C-]#CC(C)(C)C.[Na+]. The van der Waals surface area contributed by atoms with Gasteiger partial charge >= 0.3 is 29.6 Å². The van der Waals surface area contributed by atoms with Gasteiger partial charge in [-0.05, 0) is 5.41 Å². The standard InChI is InChI=1S/C6H9.Na/c1-5-6(2,3)4;/h2-4H3;/q-1;+1. The molecule has 0 saturated heterocycles. The normalized spacial score (nSPS) is 8.86. The minimum atomic E-state index is -0.0417. The quantitative estimate of drug-likeness (QED) is 0.202. The summed E-state index contributed by atoms with van der Waals surface area (Å²) >= 11 is 0. The Balaban J connectivity index is 0. The Morgan fingerprint density at radius 3 is 1.43 bits per heavy atom. The van der Waals surface area contributed by atoms with Crippen LogP contribution in [0.25, 0.3) is 0 Å². The van der Waals surface area contributed by atoms with Gasteiger partial charge in [0.25, 0.3) is 0 Å². The van der Waals surface area contributed by atoms with Crippen molar-refractivity contribution in [1.82, 2.24) is 0 Å². The van der Waals surface area contributed by atoms with Crippen LogP contribution in [0.2, 0.25) is 0 Å². The molecule has 0 N–H and O–H groups in total. The van der Waals surface area contributed by atoms with Crippen LogP contribution in [0.15, 0.2) is 0 Å². The summed E-state index contributed by atoms with van der Waals surface area (Å²) in [5.74, 6) is 2.35. The molecular weight excluding hydrogens is 95.1 g/mol. The molecular formula is C6H9Na. The first-order valence-electron chi connectivity index (χ1n) is 2.00. The van der Waals surface area contributed by atoms with E-state index in [1.807, 2.05) is 20.8 Å². The van der Waals surface area contributed by atoms with Gasteiger partial charge < -0.3 is 12.3 Å². The van der Waals surface area contributed by atoms with Gasteiger partial charge in [0.1, 0.15) is 0 Å². The van der Waals surface area contributed by atoms with Gasteiger partial charge in [-0.2, -0.15) is 0 Å². The molecule has 0 aliphatic heterocycles. The van der Waals surface area contributed by atoms with Crippen molar-refractivity contribution in [2.75, 3.05) is 0 Å². The van der Waals surface area contributed by atoms with E-state index in [1.165, 1.54) is 0 Å². The van der Waals surface area contributed by atoms with Crippen molar-refractivity contribution in [2.45, 2.75) is 20.8 Å². The van der Waals surface area contributed by atoms with Crippen molar-refractivity contribution >= 4 is 0 Å². The summed E-state index contributed by atoms with van der Waals surface area (Å²) in [6.45, 7) is 5.83. The summed E-state index contributed by atoms with van der Waals surface area (Å²) in [7, 11) is 0. The molecule has 0 aromatic carbocycles. The van der Waals surface area contributed by atoms with E-state index in [0.29, 0.717) is 0 Å².